The second-order valence-electron chi connectivity index (χ2n) is 7.90. The number of fused-ring (bicyclic) bond motifs is 1. The highest BCUT2D eigenvalue weighted by Crippen LogP contribution is 2.31. The minimum atomic E-state index is -3.58. The lowest BCUT2D eigenvalue weighted by atomic mass is 10.0. The SMILES string of the molecule is Cc1ccc(S(=O)(=O)N2CCC(C)CC2)cc1C(=O)N1CCc2ccccc21. The molecule has 0 aliphatic carbocycles. The van der Waals surface area contributed by atoms with Crippen molar-refractivity contribution in [3.05, 3.63) is 59.2 Å². The van der Waals surface area contributed by atoms with Crippen LogP contribution in [0.1, 0.15) is 41.3 Å². The van der Waals surface area contributed by atoms with Gasteiger partial charge >= 0.3 is 0 Å². The van der Waals surface area contributed by atoms with Crippen LogP contribution in [-0.2, 0) is 16.4 Å². The number of anilines is 1. The number of hydrogen-bond acceptors (Lipinski definition) is 3. The van der Waals surface area contributed by atoms with E-state index in [0.717, 1.165) is 36.1 Å². The van der Waals surface area contributed by atoms with Crippen LogP contribution in [0.3, 0.4) is 0 Å². The number of hydrogen-bond donors (Lipinski definition) is 0. The number of amides is 1. The van der Waals surface area contributed by atoms with Crippen molar-refractivity contribution in [2.75, 3.05) is 24.5 Å². The van der Waals surface area contributed by atoms with Crippen LogP contribution in [0.25, 0.3) is 0 Å². The van der Waals surface area contributed by atoms with Gasteiger partial charge in [0.15, 0.2) is 0 Å². The molecule has 0 aromatic heterocycles. The second kappa shape index (κ2) is 7.33. The van der Waals surface area contributed by atoms with Gasteiger partial charge in [0, 0.05) is 30.9 Å². The molecular weight excluding hydrogens is 372 g/mol. The Morgan fingerprint density at radius 2 is 1.75 bits per heavy atom. The standard InChI is InChI=1S/C22H26N2O3S/c1-16-9-12-23(13-10-16)28(26,27)19-8-7-17(2)20(15-19)22(25)24-14-11-18-5-3-4-6-21(18)24/h3-8,15-16H,9-14H2,1-2H3. The third-order valence-electron chi connectivity index (χ3n) is 5.95. The maximum absolute atomic E-state index is 13.2. The molecule has 28 heavy (non-hydrogen) atoms. The topological polar surface area (TPSA) is 57.7 Å². The van der Waals surface area contributed by atoms with E-state index in [-0.39, 0.29) is 10.8 Å². The Labute approximate surface area is 167 Å². The first kappa shape index (κ1) is 19.2. The molecule has 0 atom stereocenters. The third-order valence-corrected chi connectivity index (χ3v) is 7.85. The van der Waals surface area contributed by atoms with E-state index in [4.69, 9.17) is 0 Å². The number of rotatable bonds is 3. The molecule has 2 heterocycles. The van der Waals surface area contributed by atoms with Gasteiger partial charge in [-0.05, 0) is 61.4 Å². The highest BCUT2D eigenvalue weighted by Gasteiger charge is 2.31. The number of benzene rings is 2. The minimum Gasteiger partial charge on any atom is -0.308 e. The quantitative estimate of drug-likeness (QED) is 0.793. The lowest BCUT2D eigenvalue weighted by Gasteiger charge is -2.29. The molecule has 2 aliphatic heterocycles. The maximum Gasteiger partial charge on any atom is 0.258 e. The van der Waals surface area contributed by atoms with E-state index in [1.807, 2.05) is 31.2 Å². The number of piperidine rings is 1. The lowest BCUT2D eigenvalue weighted by Crippen LogP contribution is -2.38. The van der Waals surface area contributed by atoms with Crippen LogP contribution in [0.15, 0.2) is 47.4 Å². The highest BCUT2D eigenvalue weighted by molar-refractivity contribution is 7.89. The molecule has 0 spiro atoms. The Morgan fingerprint density at radius 3 is 2.50 bits per heavy atom. The summed E-state index contributed by atoms with van der Waals surface area (Å²) in [5.74, 6) is 0.420. The van der Waals surface area contributed by atoms with E-state index in [0.29, 0.717) is 31.1 Å². The zero-order valence-electron chi connectivity index (χ0n) is 16.4. The molecular formula is C22H26N2O3S. The fourth-order valence-electron chi connectivity index (χ4n) is 4.06. The molecule has 6 heteroatoms. The van der Waals surface area contributed by atoms with Crippen LogP contribution in [0, 0.1) is 12.8 Å². The van der Waals surface area contributed by atoms with E-state index in [1.165, 1.54) is 0 Å². The van der Waals surface area contributed by atoms with Crippen molar-refractivity contribution in [1.82, 2.24) is 4.31 Å². The van der Waals surface area contributed by atoms with Crippen molar-refractivity contribution >= 4 is 21.6 Å². The van der Waals surface area contributed by atoms with Crippen molar-refractivity contribution in [2.24, 2.45) is 5.92 Å². The van der Waals surface area contributed by atoms with Gasteiger partial charge in [0.1, 0.15) is 0 Å². The summed E-state index contributed by atoms with van der Waals surface area (Å²) < 4.78 is 27.8. The number of carbonyl (C=O) groups excluding carboxylic acids is 1. The molecule has 2 aromatic rings. The summed E-state index contributed by atoms with van der Waals surface area (Å²) in [5.41, 5.74) is 3.33. The second-order valence-corrected chi connectivity index (χ2v) is 9.84. The molecule has 0 unspecified atom stereocenters. The molecule has 0 saturated carbocycles. The van der Waals surface area contributed by atoms with Gasteiger partial charge in [0.25, 0.3) is 5.91 Å². The monoisotopic (exact) mass is 398 g/mol. The zero-order valence-corrected chi connectivity index (χ0v) is 17.2. The molecule has 0 radical (unpaired) electrons. The van der Waals surface area contributed by atoms with Crippen LogP contribution in [-0.4, -0.2) is 38.3 Å². The van der Waals surface area contributed by atoms with E-state index in [1.54, 1.807) is 27.4 Å². The molecule has 4 rings (SSSR count). The van der Waals surface area contributed by atoms with E-state index < -0.39 is 10.0 Å². The van der Waals surface area contributed by atoms with Crippen LogP contribution in [0.5, 0.6) is 0 Å². The maximum atomic E-state index is 13.2. The third kappa shape index (κ3) is 3.35. The largest absolute Gasteiger partial charge is 0.308 e. The Balaban J connectivity index is 1.65. The van der Waals surface area contributed by atoms with Crippen molar-refractivity contribution in [3.63, 3.8) is 0 Å². The van der Waals surface area contributed by atoms with Crippen molar-refractivity contribution < 1.29 is 13.2 Å². The Hall–Kier alpha value is -2.18. The van der Waals surface area contributed by atoms with Gasteiger partial charge in [-0.15, -0.1) is 0 Å². The molecule has 0 bridgehead atoms. The van der Waals surface area contributed by atoms with Crippen LogP contribution >= 0.6 is 0 Å². The van der Waals surface area contributed by atoms with Gasteiger partial charge in [-0.2, -0.15) is 4.31 Å². The van der Waals surface area contributed by atoms with Crippen LogP contribution in [0.4, 0.5) is 5.69 Å². The Morgan fingerprint density at radius 1 is 1.04 bits per heavy atom. The van der Waals surface area contributed by atoms with E-state index in [9.17, 15) is 13.2 Å². The molecule has 2 aromatic carbocycles. The summed E-state index contributed by atoms with van der Waals surface area (Å²) in [6, 6.07) is 12.8. The molecule has 1 amide bonds. The normalized spacial score (nSPS) is 18.3. The van der Waals surface area contributed by atoms with E-state index >= 15 is 0 Å². The first-order valence-corrected chi connectivity index (χ1v) is 11.3. The van der Waals surface area contributed by atoms with Gasteiger partial charge in [0.05, 0.1) is 4.90 Å². The minimum absolute atomic E-state index is 0.133. The number of aryl methyl sites for hydroxylation is 1. The molecule has 1 fully saturated rings. The number of sulfonamides is 1. The summed E-state index contributed by atoms with van der Waals surface area (Å²) in [4.78, 5) is 15.2. The number of carbonyl (C=O) groups is 1. The van der Waals surface area contributed by atoms with Crippen LogP contribution < -0.4 is 4.90 Å². The smallest absolute Gasteiger partial charge is 0.258 e. The van der Waals surface area contributed by atoms with Crippen molar-refractivity contribution in [3.8, 4) is 0 Å². The molecule has 1 saturated heterocycles. The molecule has 148 valence electrons. The van der Waals surface area contributed by atoms with Crippen molar-refractivity contribution in [1.29, 1.82) is 0 Å². The van der Waals surface area contributed by atoms with Gasteiger partial charge in [0.2, 0.25) is 10.0 Å². The Kier molecular flexibility index (Phi) is 5.02. The predicted molar refractivity (Wildman–Crippen MR) is 110 cm³/mol. The zero-order chi connectivity index (χ0) is 19.9. The van der Waals surface area contributed by atoms with Crippen molar-refractivity contribution in [2.45, 2.75) is 38.0 Å². The number of para-hydroxylation sites is 1. The molecule has 0 N–H and O–H groups in total. The predicted octanol–water partition coefficient (Wildman–Crippen LogP) is 3.62. The van der Waals surface area contributed by atoms with Crippen LogP contribution in [0.2, 0.25) is 0 Å². The van der Waals surface area contributed by atoms with Gasteiger partial charge in [-0.3, -0.25) is 4.79 Å². The fourth-order valence-corrected chi connectivity index (χ4v) is 5.56. The van der Waals surface area contributed by atoms with Gasteiger partial charge < -0.3 is 4.90 Å². The molecule has 2 aliphatic rings. The first-order chi connectivity index (χ1) is 13.4. The summed E-state index contributed by atoms with van der Waals surface area (Å²) in [5, 5.41) is 0. The Bertz CT molecular complexity index is 1010. The fraction of sp³-hybridized carbons (Fsp3) is 0.409. The van der Waals surface area contributed by atoms with Gasteiger partial charge in [-0.25, -0.2) is 8.42 Å². The number of nitrogens with zero attached hydrogens (tertiary/aromatic N) is 2. The lowest BCUT2D eigenvalue weighted by molar-refractivity contribution is 0.0988. The highest BCUT2D eigenvalue weighted by atomic mass is 32.2. The average Bonchev–Trinajstić information content (AvgIpc) is 3.12. The summed E-state index contributed by atoms with van der Waals surface area (Å²) >= 11 is 0. The summed E-state index contributed by atoms with van der Waals surface area (Å²) in [6.07, 6.45) is 2.58. The van der Waals surface area contributed by atoms with E-state index in [2.05, 4.69) is 6.92 Å². The summed E-state index contributed by atoms with van der Waals surface area (Å²) in [6.45, 7) is 5.72. The molecule has 5 nitrogen and oxygen atoms in total. The summed E-state index contributed by atoms with van der Waals surface area (Å²) in [7, 11) is -3.58. The average molecular weight is 399 g/mol. The first-order valence-electron chi connectivity index (χ1n) is 9.88. The van der Waals surface area contributed by atoms with Gasteiger partial charge in [-0.1, -0.05) is 31.2 Å².